The summed E-state index contributed by atoms with van der Waals surface area (Å²) in [5.41, 5.74) is -2.71. The number of hydrogen-bond donors (Lipinski definition) is 1. The monoisotopic (exact) mass is 423 g/mol. The van der Waals surface area contributed by atoms with Crippen LogP contribution in [-0.4, -0.2) is 50.9 Å². The van der Waals surface area contributed by atoms with Crippen LogP contribution in [0.15, 0.2) is 30.3 Å². The number of carbonyl (C=O) groups is 1. The van der Waals surface area contributed by atoms with Gasteiger partial charge in [-0.3, -0.25) is 4.79 Å². The fourth-order valence-corrected chi connectivity index (χ4v) is 2.77. The predicted molar refractivity (Wildman–Crippen MR) is 104 cm³/mol. The summed E-state index contributed by atoms with van der Waals surface area (Å²) >= 11 is 5.59. The molecule has 1 aromatic rings. The number of halogens is 4. The summed E-state index contributed by atoms with van der Waals surface area (Å²) in [5.74, 6) is -0.415. The number of nitrogens with one attached hydrogen (secondary N) is 1. The molecule has 4 nitrogen and oxygen atoms in total. The van der Waals surface area contributed by atoms with Gasteiger partial charge in [0.05, 0.1) is 19.8 Å². The Morgan fingerprint density at radius 2 is 1.57 bits per heavy atom. The fraction of sp³-hybridized carbons (Fsp3) is 0.650. The smallest absolute Gasteiger partial charge is 0.379 e. The van der Waals surface area contributed by atoms with E-state index in [1.54, 1.807) is 6.07 Å². The molecule has 0 bridgehead atoms. The number of alkyl halides is 4. The van der Waals surface area contributed by atoms with Crippen LogP contribution in [0, 0.1) is 0 Å². The van der Waals surface area contributed by atoms with Crippen molar-refractivity contribution in [3.05, 3.63) is 35.9 Å². The van der Waals surface area contributed by atoms with Crippen LogP contribution in [0.4, 0.5) is 13.2 Å². The zero-order chi connectivity index (χ0) is 20.9. The molecule has 0 aliphatic rings. The first-order chi connectivity index (χ1) is 13.3. The van der Waals surface area contributed by atoms with E-state index in [1.807, 2.05) is 0 Å². The van der Waals surface area contributed by atoms with Crippen molar-refractivity contribution in [2.75, 3.05) is 38.9 Å². The Morgan fingerprint density at radius 1 is 0.964 bits per heavy atom. The summed E-state index contributed by atoms with van der Waals surface area (Å²) in [6, 6.07) is 7.17. The van der Waals surface area contributed by atoms with Gasteiger partial charge < -0.3 is 14.8 Å². The molecule has 28 heavy (non-hydrogen) atoms. The minimum absolute atomic E-state index is 0.00420. The number of unbranched alkanes of at least 4 members (excludes halogenated alkanes) is 3. The van der Waals surface area contributed by atoms with E-state index in [4.69, 9.17) is 21.1 Å². The number of rotatable bonds is 14. The fourth-order valence-electron chi connectivity index (χ4n) is 2.58. The molecule has 0 aliphatic heterocycles. The van der Waals surface area contributed by atoms with Crippen LogP contribution in [0.1, 0.15) is 38.2 Å². The van der Waals surface area contributed by atoms with Crippen LogP contribution in [0.25, 0.3) is 0 Å². The highest BCUT2D eigenvalue weighted by molar-refractivity contribution is 6.17. The zero-order valence-electron chi connectivity index (χ0n) is 16.2. The molecule has 0 radical (unpaired) electrons. The van der Waals surface area contributed by atoms with E-state index in [-0.39, 0.29) is 18.7 Å². The van der Waals surface area contributed by atoms with Crippen molar-refractivity contribution >= 4 is 17.5 Å². The molecule has 0 fully saturated rings. The Balaban J connectivity index is 2.26. The van der Waals surface area contributed by atoms with Gasteiger partial charge in [-0.2, -0.15) is 13.2 Å². The zero-order valence-corrected chi connectivity index (χ0v) is 17.0. The van der Waals surface area contributed by atoms with E-state index in [0.29, 0.717) is 25.7 Å². The molecular formula is C20H29ClF3NO3. The van der Waals surface area contributed by atoms with Crippen LogP contribution in [0.3, 0.4) is 0 Å². The van der Waals surface area contributed by atoms with Crippen molar-refractivity contribution in [3.63, 3.8) is 0 Å². The molecule has 0 saturated carbocycles. The van der Waals surface area contributed by atoms with E-state index >= 15 is 0 Å². The molecule has 1 N–H and O–H groups in total. The summed E-state index contributed by atoms with van der Waals surface area (Å²) in [6.45, 7) is 2.38. The molecule has 0 aliphatic carbocycles. The van der Waals surface area contributed by atoms with Crippen molar-refractivity contribution in [2.24, 2.45) is 0 Å². The largest absolute Gasteiger partial charge is 0.406 e. The maximum absolute atomic E-state index is 13.6. The van der Waals surface area contributed by atoms with Crippen molar-refractivity contribution in [3.8, 4) is 0 Å². The first kappa shape index (κ1) is 24.7. The van der Waals surface area contributed by atoms with Crippen LogP contribution in [-0.2, 0) is 19.7 Å². The van der Waals surface area contributed by atoms with E-state index in [2.05, 4.69) is 5.32 Å². The average molecular weight is 424 g/mol. The summed E-state index contributed by atoms with van der Waals surface area (Å²) in [7, 11) is 0. The van der Waals surface area contributed by atoms with Crippen LogP contribution in [0.5, 0.6) is 0 Å². The minimum Gasteiger partial charge on any atom is -0.379 e. The number of benzene rings is 1. The van der Waals surface area contributed by atoms with Gasteiger partial charge in [0.1, 0.15) is 0 Å². The van der Waals surface area contributed by atoms with E-state index in [1.165, 1.54) is 24.3 Å². The average Bonchev–Trinajstić information content (AvgIpc) is 2.67. The van der Waals surface area contributed by atoms with Crippen molar-refractivity contribution in [2.45, 2.75) is 44.2 Å². The summed E-state index contributed by atoms with van der Waals surface area (Å²) in [6.07, 6.45) is -0.588. The van der Waals surface area contributed by atoms with Crippen molar-refractivity contribution in [1.82, 2.24) is 5.32 Å². The Kier molecular flexibility index (Phi) is 11.5. The van der Waals surface area contributed by atoms with Crippen LogP contribution in [0.2, 0.25) is 0 Å². The number of carbonyl (C=O) groups excluding carboxylic acids is 1. The Bertz CT molecular complexity index is 557. The topological polar surface area (TPSA) is 47.6 Å². The van der Waals surface area contributed by atoms with Gasteiger partial charge >= 0.3 is 6.18 Å². The lowest BCUT2D eigenvalue weighted by Gasteiger charge is -2.31. The third-order valence-corrected chi connectivity index (χ3v) is 4.72. The van der Waals surface area contributed by atoms with E-state index in [0.717, 1.165) is 32.6 Å². The lowest BCUT2D eigenvalue weighted by atomic mass is 9.80. The molecule has 1 amide bonds. The van der Waals surface area contributed by atoms with E-state index in [9.17, 15) is 18.0 Å². The maximum Gasteiger partial charge on any atom is 0.406 e. The Labute approximate surface area is 169 Å². The van der Waals surface area contributed by atoms with Gasteiger partial charge in [-0.1, -0.05) is 43.2 Å². The SMILES string of the molecule is C[C@@](C(=O)NCCOCCOCCCCCCCl)(c1ccccc1)C(F)(F)F. The van der Waals surface area contributed by atoms with Crippen LogP contribution >= 0.6 is 11.6 Å². The molecule has 0 aromatic heterocycles. The van der Waals surface area contributed by atoms with Gasteiger partial charge in [0.15, 0.2) is 5.41 Å². The van der Waals surface area contributed by atoms with Gasteiger partial charge in [0, 0.05) is 19.0 Å². The molecule has 8 heteroatoms. The molecule has 160 valence electrons. The second-order valence-corrected chi connectivity index (χ2v) is 6.95. The molecule has 0 heterocycles. The number of amides is 1. The first-order valence-electron chi connectivity index (χ1n) is 9.46. The molecular weight excluding hydrogens is 395 g/mol. The van der Waals surface area contributed by atoms with Gasteiger partial charge in [0.25, 0.3) is 0 Å². The van der Waals surface area contributed by atoms with Gasteiger partial charge in [0.2, 0.25) is 5.91 Å². The number of ether oxygens (including phenoxy) is 2. The highest BCUT2D eigenvalue weighted by Crippen LogP contribution is 2.41. The second kappa shape index (κ2) is 13.0. The molecule has 1 atom stereocenters. The molecule has 1 rings (SSSR count). The van der Waals surface area contributed by atoms with Gasteiger partial charge in [-0.25, -0.2) is 0 Å². The molecule has 0 saturated heterocycles. The van der Waals surface area contributed by atoms with Crippen molar-refractivity contribution < 1.29 is 27.4 Å². The first-order valence-corrected chi connectivity index (χ1v) is 9.99. The Hall–Kier alpha value is -1.31. The summed E-state index contributed by atoms with van der Waals surface area (Å²) < 4.78 is 51.4. The van der Waals surface area contributed by atoms with Crippen molar-refractivity contribution in [1.29, 1.82) is 0 Å². The lowest BCUT2D eigenvalue weighted by Crippen LogP contribution is -2.52. The highest BCUT2D eigenvalue weighted by atomic mass is 35.5. The third-order valence-electron chi connectivity index (χ3n) is 4.45. The summed E-state index contributed by atoms with van der Waals surface area (Å²) in [4.78, 5) is 12.3. The van der Waals surface area contributed by atoms with E-state index < -0.39 is 17.5 Å². The Morgan fingerprint density at radius 3 is 2.18 bits per heavy atom. The van der Waals surface area contributed by atoms with Gasteiger partial charge in [-0.05, 0) is 25.3 Å². The van der Waals surface area contributed by atoms with Crippen LogP contribution < -0.4 is 5.32 Å². The summed E-state index contributed by atoms with van der Waals surface area (Å²) in [5, 5.41) is 2.32. The van der Waals surface area contributed by atoms with Gasteiger partial charge in [-0.15, -0.1) is 11.6 Å². The predicted octanol–water partition coefficient (Wildman–Crippen LogP) is 4.46. The maximum atomic E-state index is 13.6. The lowest BCUT2D eigenvalue weighted by molar-refractivity contribution is -0.191. The minimum atomic E-state index is -4.71. The highest BCUT2D eigenvalue weighted by Gasteiger charge is 2.57. The quantitative estimate of drug-likeness (QED) is 0.355. The standard InChI is InChI=1S/C20H29ClF3NO3/c1-19(20(22,23)24,17-9-5-4-6-10-17)18(26)25-12-14-28-16-15-27-13-8-3-2-7-11-21/h4-6,9-10H,2-3,7-8,11-16H2,1H3,(H,25,26)/t19-/m0/s1. The third kappa shape index (κ3) is 7.97. The molecule has 0 unspecified atom stereocenters. The molecule has 0 spiro atoms. The molecule has 1 aromatic carbocycles. The normalized spacial score (nSPS) is 13.9. The second-order valence-electron chi connectivity index (χ2n) is 6.57. The number of hydrogen-bond acceptors (Lipinski definition) is 3.